The van der Waals surface area contributed by atoms with Gasteiger partial charge in [-0.25, -0.2) is 9.97 Å². The van der Waals surface area contributed by atoms with Gasteiger partial charge in [0.25, 0.3) is 0 Å². The number of allylic oxidation sites excluding steroid dienone is 1. The Morgan fingerprint density at radius 3 is 2.74 bits per heavy atom. The van der Waals surface area contributed by atoms with Crippen LogP contribution in [0.5, 0.6) is 0 Å². The number of para-hydroxylation sites is 1. The van der Waals surface area contributed by atoms with Crippen molar-refractivity contribution in [1.29, 1.82) is 0 Å². The summed E-state index contributed by atoms with van der Waals surface area (Å²) in [5.74, 6) is 0.712. The van der Waals surface area contributed by atoms with E-state index in [1.165, 1.54) is 16.5 Å². The number of fused-ring (bicyclic) bond motifs is 1. The van der Waals surface area contributed by atoms with Gasteiger partial charge >= 0.3 is 0 Å². The molecule has 0 aliphatic rings. The van der Waals surface area contributed by atoms with Crippen molar-refractivity contribution in [2.24, 2.45) is 0 Å². The van der Waals surface area contributed by atoms with Gasteiger partial charge in [0.15, 0.2) is 0 Å². The Morgan fingerprint density at radius 2 is 2.00 bits per heavy atom. The van der Waals surface area contributed by atoms with Gasteiger partial charge in [0.2, 0.25) is 5.95 Å². The Kier molecular flexibility index (Phi) is 2.88. The second-order valence-electron chi connectivity index (χ2n) is 4.53. The van der Waals surface area contributed by atoms with Gasteiger partial charge in [0.05, 0.1) is 5.52 Å². The Bertz CT molecular complexity index is 726. The number of nitrogens with zero attached hydrogens (tertiary/aromatic N) is 3. The summed E-state index contributed by atoms with van der Waals surface area (Å²) in [4.78, 5) is 8.75. The fourth-order valence-electron chi connectivity index (χ4n) is 2.42. The maximum Gasteiger partial charge on any atom is 0.234 e. The first-order chi connectivity index (χ1) is 9.31. The lowest BCUT2D eigenvalue weighted by Crippen LogP contribution is -2.04. The molecule has 0 radical (unpaired) electrons. The van der Waals surface area contributed by atoms with E-state index in [-0.39, 0.29) is 0 Å². The summed E-state index contributed by atoms with van der Waals surface area (Å²) in [5, 5.41) is 1.21. The third-order valence-corrected chi connectivity index (χ3v) is 3.21. The summed E-state index contributed by atoms with van der Waals surface area (Å²) in [7, 11) is 0. The molecular formula is C16H15N3. The highest BCUT2D eigenvalue weighted by Gasteiger charge is 2.12. The number of aryl methyl sites for hydroxylation is 1. The maximum atomic E-state index is 4.37. The highest BCUT2D eigenvalue weighted by Crippen LogP contribution is 2.25. The van der Waals surface area contributed by atoms with Crippen LogP contribution >= 0.6 is 0 Å². The van der Waals surface area contributed by atoms with Crippen molar-refractivity contribution in [3.05, 3.63) is 66.6 Å². The van der Waals surface area contributed by atoms with E-state index in [4.69, 9.17) is 0 Å². The fraction of sp³-hybridized carbons (Fsp3) is 0.125. The molecule has 19 heavy (non-hydrogen) atoms. The summed E-state index contributed by atoms with van der Waals surface area (Å²) in [5.41, 5.74) is 3.55. The zero-order chi connectivity index (χ0) is 13.2. The van der Waals surface area contributed by atoms with E-state index in [9.17, 15) is 0 Å². The number of hydrogen-bond donors (Lipinski definition) is 0. The number of hydrogen-bond acceptors (Lipinski definition) is 2. The number of rotatable bonds is 3. The molecule has 94 valence electrons. The Morgan fingerprint density at radius 1 is 1.21 bits per heavy atom. The van der Waals surface area contributed by atoms with E-state index in [1.807, 2.05) is 12.1 Å². The van der Waals surface area contributed by atoms with Crippen LogP contribution in [0, 0.1) is 6.92 Å². The van der Waals surface area contributed by atoms with Gasteiger partial charge in [-0.3, -0.25) is 4.57 Å². The first kappa shape index (κ1) is 11.7. The van der Waals surface area contributed by atoms with Gasteiger partial charge < -0.3 is 0 Å². The summed E-state index contributed by atoms with van der Waals surface area (Å²) in [6.45, 7) is 5.94. The Labute approximate surface area is 112 Å². The first-order valence-electron chi connectivity index (χ1n) is 6.29. The molecule has 0 saturated heterocycles. The van der Waals surface area contributed by atoms with Gasteiger partial charge in [-0.1, -0.05) is 24.3 Å². The van der Waals surface area contributed by atoms with Crippen molar-refractivity contribution in [3.63, 3.8) is 0 Å². The minimum atomic E-state index is 0.712. The van der Waals surface area contributed by atoms with Crippen LogP contribution in [-0.2, 0) is 6.42 Å². The van der Waals surface area contributed by atoms with Crippen LogP contribution in [0.3, 0.4) is 0 Å². The molecule has 2 aromatic heterocycles. The average Bonchev–Trinajstić information content (AvgIpc) is 2.80. The van der Waals surface area contributed by atoms with Crippen molar-refractivity contribution in [3.8, 4) is 5.95 Å². The molecule has 3 aromatic rings. The van der Waals surface area contributed by atoms with E-state index in [2.05, 4.69) is 52.3 Å². The molecule has 3 nitrogen and oxygen atoms in total. The molecule has 3 heteroatoms. The molecule has 0 spiro atoms. The third-order valence-electron chi connectivity index (χ3n) is 3.21. The lowest BCUT2D eigenvalue weighted by atomic mass is 10.2. The van der Waals surface area contributed by atoms with Gasteiger partial charge in [-0.05, 0) is 24.6 Å². The van der Waals surface area contributed by atoms with Crippen molar-refractivity contribution in [2.45, 2.75) is 13.3 Å². The lowest BCUT2D eigenvalue weighted by molar-refractivity contribution is 0.904. The summed E-state index contributed by atoms with van der Waals surface area (Å²) in [6.07, 6.45) is 6.24. The van der Waals surface area contributed by atoms with Gasteiger partial charge in [-0.15, -0.1) is 6.58 Å². The SMILES string of the molecule is C=CCc1cc2cccc(C)c2n1-c1ncccn1. The van der Waals surface area contributed by atoms with Crippen LogP contribution in [-0.4, -0.2) is 14.5 Å². The zero-order valence-electron chi connectivity index (χ0n) is 10.9. The molecule has 0 fully saturated rings. The molecule has 0 atom stereocenters. The van der Waals surface area contributed by atoms with Gasteiger partial charge in [-0.2, -0.15) is 0 Å². The second-order valence-corrected chi connectivity index (χ2v) is 4.53. The van der Waals surface area contributed by atoms with Crippen molar-refractivity contribution >= 4 is 10.9 Å². The largest absolute Gasteiger partial charge is 0.282 e. The molecular weight excluding hydrogens is 234 g/mol. The van der Waals surface area contributed by atoms with E-state index in [1.54, 1.807) is 12.4 Å². The summed E-state index contributed by atoms with van der Waals surface area (Å²) in [6, 6.07) is 10.3. The van der Waals surface area contributed by atoms with Crippen LogP contribution in [0.25, 0.3) is 16.9 Å². The minimum Gasteiger partial charge on any atom is -0.282 e. The van der Waals surface area contributed by atoms with Crippen molar-refractivity contribution in [2.75, 3.05) is 0 Å². The predicted molar refractivity (Wildman–Crippen MR) is 77.5 cm³/mol. The smallest absolute Gasteiger partial charge is 0.234 e. The Hall–Kier alpha value is -2.42. The summed E-state index contributed by atoms with van der Waals surface area (Å²) >= 11 is 0. The van der Waals surface area contributed by atoms with E-state index in [0.717, 1.165) is 12.1 Å². The average molecular weight is 249 g/mol. The molecule has 2 heterocycles. The van der Waals surface area contributed by atoms with E-state index in [0.29, 0.717) is 5.95 Å². The first-order valence-corrected chi connectivity index (χ1v) is 6.29. The van der Waals surface area contributed by atoms with Crippen molar-refractivity contribution in [1.82, 2.24) is 14.5 Å². The van der Waals surface area contributed by atoms with Crippen LogP contribution in [0.1, 0.15) is 11.3 Å². The van der Waals surface area contributed by atoms with Crippen LogP contribution in [0.2, 0.25) is 0 Å². The predicted octanol–water partition coefficient (Wildman–Crippen LogP) is 3.46. The molecule has 0 bridgehead atoms. The highest BCUT2D eigenvalue weighted by atomic mass is 15.2. The maximum absolute atomic E-state index is 4.37. The molecule has 0 saturated carbocycles. The monoisotopic (exact) mass is 249 g/mol. The standard InChI is InChI=1S/C16H15N3/c1-3-6-14-11-13-8-4-7-12(2)15(13)19(14)16-17-9-5-10-18-16/h3-5,7-11H,1,6H2,2H3. The highest BCUT2D eigenvalue weighted by molar-refractivity contribution is 5.85. The summed E-state index contributed by atoms with van der Waals surface area (Å²) < 4.78 is 2.12. The zero-order valence-corrected chi connectivity index (χ0v) is 10.9. The number of benzene rings is 1. The number of aromatic nitrogens is 3. The molecule has 1 aromatic carbocycles. The van der Waals surface area contributed by atoms with Crippen molar-refractivity contribution < 1.29 is 0 Å². The fourth-order valence-corrected chi connectivity index (χ4v) is 2.42. The lowest BCUT2D eigenvalue weighted by Gasteiger charge is -2.08. The quantitative estimate of drug-likeness (QED) is 0.665. The van der Waals surface area contributed by atoms with Gasteiger partial charge in [0, 0.05) is 29.9 Å². The van der Waals surface area contributed by atoms with E-state index >= 15 is 0 Å². The van der Waals surface area contributed by atoms with E-state index < -0.39 is 0 Å². The minimum absolute atomic E-state index is 0.712. The van der Waals surface area contributed by atoms with Crippen LogP contribution in [0.15, 0.2) is 55.4 Å². The Balaban J connectivity index is 2.36. The van der Waals surface area contributed by atoms with Crippen LogP contribution < -0.4 is 0 Å². The van der Waals surface area contributed by atoms with Gasteiger partial charge in [0.1, 0.15) is 0 Å². The molecule has 0 N–H and O–H groups in total. The topological polar surface area (TPSA) is 30.7 Å². The molecule has 0 aliphatic carbocycles. The molecule has 0 aliphatic heterocycles. The second kappa shape index (κ2) is 4.69. The molecule has 0 amide bonds. The molecule has 3 rings (SSSR count). The van der Waals surface area contributed by atoms with Crippen LogP contribution in [0.4, 0.5) is 0 Å². The third kappa shape index (κ3) is 1.93. The molecule has 0 unspecified atom stereocenters. The normalized spacial score (nSPS) is 10.8.